The number of benzene rings is 3. The minimum absolute atomic E-state index is 0.0336. The minimum atomic E-state index is -1.20. The number of carbonyl (C=O) groups excluding carboxylic acids is 2. The van der Waals surface area contributed by atoms with Crippen molar-refractivity contribution in [2.45, 2.75) is 12.5 Å². The Hall–Kier alpha value is -4.33. The van der Waals surface area contributed by atoms with Crippen molar-refractivity contribution in [3.63, 3.8) is 0 Å². The van der Waals surface area contributed by atoms with E-state index in [0.717, 1.165) is 10.5 Å². The summed E-state index contributed by atoms with van der Waals surface area (Å²) in [6.45, 7) is -0.131. The Kier molecular flexibility index (Phi) is 8.41. The molecule has 0 aliphatic rings. The highest BCUT2D eigenvalue weighted by atomic mass is 16.6. The van der Waals surface area contributed by atoms with Crippen LogP contribution in [0.3, 0.4) is 0 Å². The van der Waals surface area contributed by atoms with Gasteiger partial charge in [-0.3, -0.25) is 4.90 Å². The maximum atomic E-state index is 12.9. The molecule has 2 amide bonds. The molecule has 33 heavy (non-hydrogen) atoms. The van der Waals surface area contributed by atoms with Crippen LogP contribution in [0.1, 0.15) is 5.56 Å². The lowest BCUT2D eigenvalue weighted by molar-refractivity contribution is -0.142. The number of amides is 2. The maximum Gasteiger partial charge on any atom is 0.416 e. The second-order valence-corrected chi connectivity index (χ2v) is 7.05. The lowest BCUT2D eigenvalue weighted by Gasteiger charge is -2.28. The van der Waals surface area contributed by atoms with Crippen LogP contribution in [-0.4, -0.2) is 47.3 Å². The molecule has 0 radical (unpaired) electrons. The first-order valence-electron chi connectivity index (χ1n) is 10.3. The Balaban J connectivity index is 1.70. The van der Waals surface area contributed by atoms with Gasteiger partial charge in [-0.25, -0.2) is 14.4 Å². The van der Waals surface area contributed by atoms with Crippen molar-refractivity contribution in [2.24, 2.45) is 0 Å². The molecule has 0 bridgehead atoms. The number of hydrogen-bond acceptors (Lipinski definition) is 5. The van der Waals surface area contributed by atoms with Crippen LogP contribution in [0.15, 0.2) is 91.0 Å². The quantitative estimate of drug-likeness (QED) is 0.513. The third-order valence-electron chi connectivity index (χ3n) is 4.69. The van der Waals surface area contributed by atoms with Crippen molar-refractivity contribution in [2.75, 3.05) is 13.1 Å². The highest BCUT2D eigenvalue weighted by Crippen LogP contribution is 2.15. The number of aliphatic carboxylic acids is 1. The van der Waals surface area contributed by atoms with E-state index in [1.165, 1.54) is 0 Å². The van der Waals surface area contributed by atoms with Crippen LogP contribution in [0.5, 0.6) is 11.5 Å². The zero-order valence-electron chi connectivity index (χ0n) is 17.8. The third kappa shape index (κ3) is 7.39. The molecule has 3 rings (SSSR count). The molecule has 3 aromatic rings. The molecule has 0 aliphatic heterocycles. The van der Waals surface area contributed by atoms with Crippen LogP contribution in [0.2, 0.25) is 0 Å². The molecule has 1 unspecified atom stereocenters. The van der Waals surface area contributed by atoms with Crippen molar-refractivity contribution in [1.82, 2.24) is 10.2 Å². The van der Waals surface area contributed by atoms with E-state index in [0.29, 0.717) is 5.75 Å². The molecule has 8 heteroatoms. The first kappa shape index (κ1) is 23.3. The van der Waals surface area contributed by atoms with E-state index in [9.17, 15) is 19.5 Å². The average Bonchev–Trinajstić information content (AvgIpc) is 2.82. The summed E-state index contributed by atoms with van der Waals surface area (Å²) in [7, 11) is 0. The summed E-state index contributed by atoms with van der Waals surface area (Å²) in [4.78, 5) is 38.1. The van der Waals surface area contributed by atoms with Gasteiger partial charge >= 0.3 is 18.2 Å². The summed E-state index contributed by atoms with van der Waals surface area (Å²) in [5.74, 6) is -0.536. The fraction of sp³-hybridized carbons (Fsp3) is 0.160. The molecule has 0 fully saturated rings. The van der Waals surface area contributed by atoms with E-state index in [-0.39, 0.29) is 25.3 Å². The van der Waals surface area contributed by atoms with Crippen LogP contribution < -0.4 is 14.8 Å². The zero-order valence-corrected chi connectivity index (χ0v) is 17.8. The van der Waals surface area contributed by atoms with Gasteiger partial charge in [0.2, 0.25) is 0 Å². The number of carboxylic acids is 1. The van der Waals surface area contributed by atoms with Crippen molar-refractivity contribution < 1.29 is 29.0 Å². The van der Waals surface area contributed by atoms with Crippen molar-refractivity contribution >= 4 is 18.2 Å². The summed E-state index contributed by atoms with van der Waals surface area (Å²) in [6.07, 6.45) is -1.47. The van der Waals surface area contributed by atoms with Crippen LogP contribution in [0.25, 0.3) is 0 Å². The number of carbonyl (C=O) groups is 3. The number of ether oxygens (including phenoxy) is 2. The SMILES string of the molecule is O=C(NCCN(C(=O)Oc1ccccc1)C(Cc1ccccc1)C(=O)O)Oc1ccccc1. The zero-order chi connectivity index (χ0) is 23.5. The number of nitrogens with zero attached hydrogens (tertiary/aromatic N) is 1. The maximum absolute atomic E-state index is 12.9. The smallest absolute Gasteiger partial charge is 0.416 e. The highest BCUT2D eigenvalue weighted by molar-refractivity contribution is 5.81. The number of para-hydroxylation sites is 2. The van der Waals surface area contributed by atoms with Crippen molar-refractivity contribution in [3.05, 3.63) is 96.6 Å². The normalized spacial score (nSPS) is 11.2. The predicted molar refractivity (Wildman–Crippen MR) is 121 cm³/mol. The Labute approximate surface area is 191 Å². The largest absolute Gasteiger partial charge is 0.480 e. The lowest BCUT2D eigenvalue weighted by Crippen LogP contribution is -2.50. The fourth-order valence-corrected chi connectivity index (χ4v) is 3.10. The van der Waals surface area contributed by atoms with Gasteiger partial charge < -0.3 is 19.9 Å². The monoisotopic (exact) mass is 448 g/mol. The fourth-order valence-electron chi connectivity index (χ4n) is 3.10. The van der Waals surface area contributed by atoms with Gasteiger partial charge in [0.25, 0.3) is 0 Å². The Morgan fingerprint density at radius 3 is 1.85 bits per heavy atom. The summed E-state index contributed by atoms with van der Waals surface area (Å²) >= 11 is 0. The van der Waals surface area contributed by atoms with Gasteiger partial charge in [0.1, 0.15) is 17.5 Å². The number of carboxylic acid groups (broad SMARTS) is 1. The standard InChI is InChI=1S/C25H24N2O6/c28-23(29)22(18-19-10-4-1-5-11-19)27(25(31)33-21-14-8-3-9-15-21)17-16-26-24(30)32-20-12-6-2-7-13-20/h1-15,22H,16-18H2,(H,26,30)(H,28,29). The first-order valence-corrected chi connectivity index (χ1v) is 10.3. The van der Waals surface area contributed by atoms with E-state index >= 15 is 0 Å². The number of rotatable bonds is 9. The summed E-state index contributed by atoms with van der Waals surface area (Å²) < 4.78 is 10.5. The minimum Gasteiger partial charge on any atom is -0.480 e. The molecular formula is C25H24N2O6. The molecular weight excluding hydrogens is 424 g/mol. The third-order valence-corrected chi connectivity index (χ3v) is 4.69. The van der Waals surface area contributed by atoms with Gasteiger partial charge in [-0.05, 0) is 29.8 Å². The van der Waals surface area contributed by atoms with Gasteiger partial charge in [-0.1, -0.05) is 66.7 Å². The summed E-state index contributed by atoms with van der Waals surface area (Å²) in [5.41, 5.74) is 0.749. The lowest BCUT2D eigenvalue weighted by atomic mass is 10.0. The second kappa shape index (κ2) is 11.9. The number of hydrogen-bond donors (Lipinski definition) is 2. The van der Waals surface area contributed by atoms with E-state index in [4.69, 9.17) is 9.47 Å². The van der Waals surface area contributed by atoms with Crippen LogP contribution >= 0.6 is 0 Å². The highest BCUT2D eigenvalue weighted by Gasteiger charge is 2.31. The Morgan fingerprint density at radius 2 is 1.30 bits per heavy atom. The van der Waals surface area contributed by atoms with E-state index in [1.54, 1.807) is 84.9 Å². The van der Waals surface area contributed by atoms with Gasteiger partial charge in [0.15, 0.2) is 0 Å². The molecule has 0 aliphatic carbocycles. The average molecular weight is 448 g/mol. The van der Waals surface area contributed by atoms with E-state index in [2.05, 4.69) is 5.32 Å². The Morgan fingerprint density at radius 1 is 0.788 bits per heavy atom. The van der Waals surface area contributed by atoms with Crippen molar-refractivity contribution in [1.29, 1.82) is 0 Å². The van der Waals surface area contributed by atoms with E-state index < -0.39 is 24.2 Å². The molecule has 3 aromatic carbocycles. The molecule has 2 N–H and O–H groups in total. The summed E-state index contributed by atoms with van der Waals surface area (Å²) in [6, 6.07) is 24.6. The molecule has 170 valence electrons. The van der Waals surface area contributed by atoms with Gasteiger partial charge in [0, 0.05) is 19.5 Å². The topological polar surface area (TPSA) is 105 Å². The molecule has 1 atom stereocenters. The Bertz CT molecular complexity index is 1040. The molecule has 0 spiro atoms. The van der Waals surface area contributed by atoms with Gasteiger partial charge in [-0.2, -0.15) is 0 Å². The van der Waals surface area contributed by atoms with Crippen LogP contribution in [-0.2, 0) is 11.2 Å². The van der Waals surface area contributed by atoms with Gasteiger partial charge in [-0.15, -0.1) is 0 Å². The molecule has 0 heterocycles. The predicted octanol–water partition coefficient (Wildman–Crippen LogP) is 3.97. The summed E-state index contributed by atoms with van der Waals surface area (Å²) in [5, 5.41) is 12.4. The van der Waals surface area contributed by atoms with Gasteiger partial charge in [0.05, 0.1) is 0 Å². The molecule has 0 saturated carbocycles. The molecule has 0 saturated heterocycles. The molecule has 8 nitrogen and oxygen atoms in total. The van der Waals surface area contributed by atoms with E-state index in [1.807, 2.05) is 6.07 Å². The number of nitrogens with one attached hydrogen (secondary N) is 1. The second-order valence-electron chi connectivity index (χ2n) is 7.05. The molecule has 0 aromatic heterocycles. The van der Waals surface area contributed by atoms with Crippen molar-refractivity contribution in [3.8, 4) is 11.5 Å². The van der Waals surface area contributed by atoms with Crippen LogP contribution in [0, 0.1) is 0 Å². The first-order chi connectivity index (χ1) is 16.0. The van der Waals surface area contributed by atoms with Crippen LogP contribution in [0.4, 0.5) is 9.59 Å².